The van der Waals surface area contributed by atoms with E-state index in [1.807, 2.05) is 0 Å². The maximum atomic E-state index is 11.7. The van der Waals surface area contributed by atoms with E-state index in [1.54, 1.807) is 7.05 Å². The Hall–Kier alpha value is -0.860. The minimum atomic E-state index is -0.553. The van der Waals surface area contributed by atoms with Crippen molar-refractivity contribution in [2.75, 3.05) is 0 Å². The molecule has 0 aromatic carbocycles. The molecule has 1 heterocycles. The minimum Gasteiger partial charge on any atom is -0.272 e. The van der Waals surface area contributed by atoms with E-state index in [4.69, 9.17) is 0 Å². The molecule has 0 saturated heterocycles. The quantitative estimate of drug-likeness (QED) is 0.459. The van der Waals surface area contributed by atoms with Crippen LogP contribution in [-0.4, -0.2) is 9.78 Å². The molecular formula is C4H4FN2. The highest BCUT2D eigenvalue weighted by Gasteiger charge is 1.87. The van der Waals surface area contributed by atoms with Gasteiger partial charge >= 0.3 is 0 Å². The Balaban J connectivity index is 3.04. The molecule has 37 valence electrons. The van der Waals surface area contributed by atoms with Crippen LogP contribution in [0.15, 0.2) is 6.20 Å². The third-order valence-electron chi connectivity index (χ3n) is 0.616. The third-order valence-corrected chi connectivity index (χ3v) is 0.616. The molecule has 0 saturated carbocycles. The summed E-state index contributed by atoms with van der Waals surface area (Å²) in [4.78, 5) is 0. The van der Waals surface area contributed by atoms with E-state index in [0.717, 1.165) is 0 Å². The molecule has 1 aromatic heterocycles. The molecule has 1 radical (unpaired) electrons. The molecule has 0 N–H and O–H groups in total. The van der Waals surface area contributed by atoms with Gasteiger partial charge in [0.05, 0.1) is 6.07 Å². The highest BCUT2D eigenvalue weighted by Crippen LogP contribution is 1.85. The molecular weight excluding hydrogens is 95.1 g/mol. The third kappa shape index (κ3) is 0.765. The summed E-state index contributed by atoms with van der Waals surface area (Å²) in [5, 5.41) is 3.31. The van der Waals surface area contributed by atoms with Crippen LogP contribution in [0.2, 0.25) is 0 Å². The van der Waals surface area contributed by atoms with Crippen LogP contribution in [0.3, 0.4) is 0 Å². The van der Waals surface area contributed by atoms with Crippen LogP contribution in [-0.2, 0) is 7.05 Å². The summed E-state index contributed by atoms with van der Waals surface area (Å²) in [7, 11) is 1.64. The van der Waals surface area contributed by atoms with Gasteiger partial charge in [-0.05, 0) is 0 Å². The molecule has 1 rings (SSSR count). The van der Waals surface area contributed by atoms with Gasteiger partial charge in [-0.15, -0.1) is 5.10 Å². The molecule has 0 aliphatic carbocycles. The van der Waals surface area contributed by atoms with Crippen LogP contribution in [0.25, 0.3) is 0 Å². The maximum Gasteiger partial charge on any atom is 0.240 e. The van der Waals surface area contributed by atoms with Crippen molar-refractivity contribution in [3.05, 3.63) is 18.2 Å². The lowest BCUT2D eigenvalue weighted by Gasteiger charge is -1.77. The minimum absolute atomic E-state index is 0.553. The zero-order chi connectivity index (χ0) is 5.28. The van der Waals surface area contributed by atoms with Crippen LogP contribution in [0.5, 0.6) is 0 Å². The Morgan fingerprint density at radius 2 is 2.71 bits per heavy atom. The molecule has 0 atom stereocenters. The molecule has 0 aliphatic rings. The van der Waals surface area contributed by atoms with Crippen LogP contribution >= 0.6 is 0 Å². The fourth-order valence-corrected chi connectivity index (χ4v) is 0.343. The van der Waals surface area contributed by atoms with Crippen molar-refractivity contribution in [2.24, 2.45) is 7.05 Å². The van der Waals surface area contributed by atoms with Gasteiger partial charge in [-0.2, -0.15) is 4.39 Å². The Kier molecular flexibility index (Phi) is 0.817. The Labute approximate surface area is 40.6 Å². The van der Waals surface area contributed by atoms with Gasteiger partial charge in [0.2, 0.25) is 5.95 Å². The van der Waals surface area contributed by atoms with Gasteiger partial charge in [0.25, 0.3) is 0 Å². The lowest BCUT2D eigenvalue weighted by atomic mass is 10.7. The molecule has 2 nitrogen and oxygen atoms in total. The topological polar surface area (TPSA) is 17.8 Å². The number of hydrogen-bond acceptors (Lipinski definition) is 1. The average molecular weight is 99.1 g/mol. The van der Waals surface area contributed by atoms with Gasteiger partial charge in [0.1, 0.15) is 0 Å². The molecule has 0 amide bonds. The second-order valence-corrected chi connectivity index (χ2v) is 1.24. The van der Waals surface area contributed by atoms with Crippen molar-refractivity contribution in [3.8, 4) is 0 Å². The smallest absolute Gasteiger partial charge is 0.240 e. The van der Waals surface area contributed by atoms with Crippen LogP contribution < -0.4 is 0 Å². The molecule has 7 heavy (non-hydrogen) atoms. The second kappa shape index (κ2) is 1.33. The summed E-state index contributed by atoms with van der Waals surface area (Å²) in [6, 6.07) is 2.25. The second-order valence-electron chi connectivity index (χ2n) is 1.24. The SMILES string of the molecule is Cn1c[c]c(F)n1. The molecule has 0 spiro atoms. The zero-order valence-corrected chi connectivity index (χ0v) is 3.85. The van der Waals surface area contributed by atoms with Crippen molar-refractivity contribution in [1.82, 2.24) is 9.78 Å². The van der Waals surface area contributed by atoms with Gasteiger partial charge in [0.15, 0.2) is 0 Å². The molecule has 3 heteroatoms. The summed E-state index contributed by atoms with van der Waals surface area (Å²) in [5.41, 5.74) is 0. The van der Waals surface area contributed by atoms with Gasteiger partial charge in [-0.3, -0.25) is 4.68 Å². The average Bonchev–Trinajstić information content (AvgIpc) is 1.87. The van der Waals surface area contributed by atoms with Crippen LogP contribution in [0.1, 0.15) is 0 Å². The van der Waals surface area contributed by atoms with E-state index in [-0.39, 0.29) is 0 Å². The highest BCUT2D eigenvalue weighted by atomic mass is 19.1. The van der Waals surface area contributed by atoms with E-state index >= 15 is 0 Å². The summed E-state index contributed by atoms with van der Waals surface area (Å²) < 4.78 is 13.1. The van der Waals surface area contributed by atoms with Crippen molar-refractivity contribution in [3.63, 3.8) is 0 Å². The number of nitrogens with zero attached hydrogens (tertiary/aromatic N) is 2. The zero-order valence-electron chi connectivity index (χ0n) is 3.85. The molecule has 0 fully saturated rings. The lowest BCUT2D eigenvalue weighted by molar-refractivity contribution is 0.552. The Morgan fingerprint density at radius 3 is 2.86 bits per heavy atom. The van der Waals surface area contributed by atoms with Gasteiger partial charge in [-0.1, -0.05) is 0 Å². The van der Waals surface area contributed by atoms with Gasteiger partial charge in [-0.25, -0.2) is 0 Å². The first-order valence-corrected chi connectivity index (χ1v) is 1.86. The first kappa shape index (κ1) is 4.30. The summed E-state index contributed by atoms with van der Waals surface area (Å²) in [6.07, 6.45) is 1.43. The van der Waals surface area contributed by atoms with Gasteiger partial charge < -0.3 is 0 Å². The number of aryl methyl sites for hydroxylation is 1. The van der Waals surface area contributed by atoms with E-state index in [2.05, 4.69) is 11.2 Å². The van der Waals surface area contributed by atoms with Crippen molar-refractivity contribution >= 4 is 0 Å². The summed E-state index contributed by atoms with van der Waals surface area (Å²) >= 11 is 0. The first-order chi connectivity index (χ1) is 3.29. The first-order valence-electron chi connectivity index (χ1n) is 1.86. The standard InChI is InChI=1S/C4H4FN2/c1-7-3-2-4(5)6-7/h3H,1H3. The molecule has 0 unspecified atom stereocenters. The van der Waals surface area contributed by atoms with Crippen LogP contribution in [0.4, 0.5) is 4.39 Å². The largest absolute Gasteiger partial charge is 0.272 e. The van der Waals surface area contributed by atoms with Crippen LogP contribution in [0, 0.1) is 12.0 Å². The van der Waals surface area contributed by atoms with E-state index in [1.165, 1.54) is 10.9 Å². The number of halogens is 1. The molecule has 0 aliphatic heterocycles. The fraction of sp³-hybridized carbons (Fsp3) is 0.250. The van der Waals surface area contributed by atoms with Gasteiger partial charge in [0, 0.05) is 13.2 Å². The predicted molar refractivity (Wildman–Crippen MR) is 22.0 cm³/mol. The summed E-state index contributed by atoms with van der Waals surface area (Å²) in [5.74, 6) is -0.553. The number of rotatable bonds is 0. The summed E-state index contributed by atoms with van der Waals surface area (Å²) in [6.45, 7) is 0. The Morgan fingerprint density at radius 1 is 2.00 bits per heavy atom. The normalized spacial score (nSPS) is 9.43. The van der Waals surface area contributed by atoms with Crippen molar-refractivity contribution in [1.29, 1.82) is 0 Å². The van der Waals surface area contributed by atoms with Crippen molar-refractivity contribution < 1.29 is 4.39 Å². The predicted octanol–water partition coefficient (Wildman–Crippen LogP) is 0.359. The lowest BCUT2D eigenvalue weighted by Crippen LogP contribution is -1.86. The van der Waals surface area contributed by atoms with E-state index in [0.29, 0.717) is 0 Å². The number of hydrogen-bond donors (Lipinski definition) is 0. The molecule has 0 bridgehead atoms. The Bertz CT molecular complexity index is 142. The van der Waals surface area contributed by atoms with E-state index < -0.39 is 5.95 Å². The van der Waals surface area contributed by atoms with Crippen molar-refractivity contribution in [2.45, 2.75) is 0 Å². The highest BCUT2D eigenvalue weighted by molar-refractivity contribution is 4.76. The molecule has 1 aromatic rings. The van der Waals surface area contributed by atoms with E-state index in [9.17, 15) is 4.39 Å². The maximum absolute atomic E-state index is 11.7. The monoisotopic (exact) mass is 99.0 g/mol. The fourth-order valence-electron chi connectivity index (χ4n) is 0.343. The number of aromatic nitrogens is 2.